The standard InChI is InChI=1S/C15H21Br2NO2/c1-2-12(18)5-11-6-13(16)15(14(17)7-11)20-9-19-8-10-3-4-10/h6-7,10,12H,2-5,8-9,18H2,1H3. The van der Waals surface area contributed by atoms with Crippen molar-refractivity contribution in [1.29, 1.82) is 0 Å². The summed E-state index contributed by atoms with van der Waals surface area (Å²) in [6.45, 7) is 3.20. The predicted molar refractivity (Wildman–Crippen MR) is 88.0 cm³/mol. The van der Waals surface area contributed by atoms with Crippen LogP contribution in [-0.2, 0) is 11.2 Å². The van der Waals surface area contributed by atoms with Crippen LogP contribution in [0.1, 0.15) is 31.7 Å². The molecule has 0 aliphatic heterocycles. The van der Waals surface area contributed by atoms with E-state index in [0.717, 1.165) is 40.1 Å². The van der Waals surface area contributed by atoms with E-state index in [4.69, 9.17) is 15.2 Å². The Morgan fingerprint density at radius 1 is 1.30 bits per heavy atom. The molecule has 1 atom stereocenters. The van der Waals surface area contributed by atoms with Crippen LogP contribution < -0.4 is 10.5 Å². The Labute approximate surface area is 137 Å². The van der Waals surface area contributed by atoms with E-state index in [1.54, 1.807) is 0 Å². The van der Waals surface area contributed by atoms with Crippen LogP contribution in [0.2, 0.25) is 0 Å². The Balaban J connectivity index is 1.90. The van der Waals surface area contributed by atoms with Crippen LogP contribution >= 0.6 is 31.9 Å². The second kappa shape index (κ2) is 7.78. The molecule has 1 unspecified atom stereocenters. The highest BCUT2D eigenvalue weighted by Gasteiger charge is 2.21. The summed E-state index contributed by atoms with van der Waals surface area (Å²) in [6.07, 6.45) is 4.42. The number of rotatable bonds is 8. The van der Waals surface area contributed by atoms with Gasteiger partial charge in [-0.3, -0.25) is 0 Å². The van der Waals surface area contributed by atoms with Crippen molar-refractivity contribution in [2.75, 3.05) is 13.4 Å². The maximum atomic E-state index is 5.99. The fourth-order valence-corrected chi connectivity index (χ4v) is 3.43. The lowest BCUT2D eigenvalue weighted by molar-refractivity contribution is 0.00913. The number of nitrogens with two attached hydrogens (primary N) is 1. The summed E-state index contributed by atoms with van der Waals surface area (Å²) in [5.41, 5.74) is 7.19. The van der Waals surface area contributed by atoms with Crippen molar-refractivity contribution >= 4 is 31.9 Å². The molecule has 0 bridgehead atoms. The zero-order valence-corrected chi connectivity index (χ0v) is 14.9. The van der Waals surface area contributed by atoms with Gasteiger partial charge in [-0.2, -0.15) is 0 Å². The van der Waals surface area contributed by atoms with Crippen LogP contribution in [0.15, 0.2) is 21.1 Å². The van der Waals surface area contributed by atoms with Gasteiger partial charge in [-0.1, -0.05) is 6.92 Å². The van der Waals surface area contributed by atoms with Crippen LogP contribution in [0.5, 0.6) is 5.75 Å². The Morgan fingerprint density at radius 3 is 2.50 bits per heavy atom. The van der Waals surface area contributed by atoms with Gasteiger partial charge in [0.15, 0.2) is 12.5 Å². The van der Waals surface area contributed by atoms with Gasteiger partial charge >= 0.3 is 0 Å². The molecule has 112 valence electrons. The monoisotopic (exact) mass is 405 g/mol. The van der Waals surface area contributed by atoms with Gasteiger partial charge in [0.1, 0.15) is 0 Å². The summed E-state index contributed by atoms with van der Waals surface area (Å²) < 4.78 is 13.0. The topological polar surface area (TPSA) is 44.5 Å². The minimum Gasteiger partial charge on any atom is -0.465 e. The summed E-state index contributed by atoms with van der Waals surface area (Å²) in [7, 11) is 0. The number of halogens is 2. The van der Waals surface area contributed by atoms with Gasteiger partial charge in [0.2, 0.25) is 0 Å². The highest BCUT2D eigenvalue weighted by Crippen LogP contribution is 2.35. The zero-order chi connectivity index (χ0) is 14.5. The lowest BCUT2D eigenvalue weighted by Crippen LogP contribution is -2.21. The van der Waals surface area contributed by atoms with Crippen molar-refractivity contribution in [1.82, 2.24) is 0 Å². The van der Waals surface area contributed by atoms with Crippen LogP contribution in [-0.4, -0.2) is 19.4 Å². The van der Waals surface area contributed by atoms with Crippen molar-refractivity contribution in [3.63, 3.8) is 0 Å². The van der Waals surface area contributed by atoms with Crippen LogP contribution in [0.4, 0.5) is 0 Å². The van der Waals surface area contributed by atoms with Gasteiger partial charge in [-0.15, -0.1) is 0 Å². The van der Waals surface area contributed by atoms with Crippen molar-refractivity contribution in [2.24, 2.45) is 11.7 Å². The third-order valence-electron chi connectivity index (χ3n) is 3.42. The lowest BCUT2D eigenvalue weighted by Gasteiger charge is -2.14. The molecule has 1 aromatic carbocycles. The second-order valence-corrected chi connectivity index (χ2v) is 7.05. The molecule has 5 heteroatoms. The van der Waals surface area contributed by atoms with E-state index < -0.39 is 0 Å². The molecule has 0 radical (unpaired) electrons. The summed E-state index contributed by atoms with van der Waals surface area (Å²) in [5, 5.41) is 0. The maximum Gasteiger partial charge on any atom is 0.189 e. The van der Waals surface area contributed by atoms with Crippen LogP contribution in [0, 0.1) is 5.92 Å². The minimum absolute atomic E-state index is 0.197. The van der Waals surface area contributed by atoms with E-state index in [1.165, 1.54) is 18.4 Å². The molecule has 20 heavy (non-hydrogen) atoms. The van der Waals surface area contributed by atoms with E-state index in [1.807, 2.05) is 0 Å². The van der Waals surface area contributed by atoms with E-state index in [9.17, 15) is 0 Å². The molecular weight excluding hydrogens is 386 g/mol. The molecule has 1 aliphatic rings. The van der Waals surface area contributed by atoms with Gasteiger partial charge in [0.05, 0.1) is 15.6 Å². The second-order valence-electron chi connectivity index (χ2n) is 5.34. The van der Waals surface area contributed by atoms with Gasteiger partial charge in [0, 0.05) is 6.04 Å². The SMILES string of the molecule is CCC(N)Cc1cc(Br)c(OCOCC2CC2)c(Br)c1. The molecule has 0 amide bonds. The average molecular weight is 407 g/mol. The third kappa shape index (κ3) is 5.02. The van der Waals surface area contributed by atoms with Gasteiger partial charge < -0.3 is 15.2 Å². The van der Waals surface area contributed by atoms with E-state index >= 15 is 0 Å². The van der Waals surface area contributed by atoms with Gasteiger partial charge in [-0.05, 0) is 81.2 Å². The molecule has 3 nitrogen and oxygen atoms in total. The largest absolute Gasteiger partial charge is 0.465 e. The molecule has 0 heterocycles. The number of hydrogen-bond donors (Lipinski definition) is 1. The first-order chi connectivity index (χ1) is 9.60. The summed E-state index contributed by atoms with van der Waals surface area (Å²) in [6, 6.07) is 4.33. The Morgan fingerprint density at radius 2 is 1.95 bits per heavy atom. The summed E-state index contributed by atoms with van der Waals surface area (Å²) in [5.74, 6) is 1.54. The summed E-state index contributed by atoms with van der Waals surface area (Å²) in [4.78, 5) is 0. The molecule has 1 fully saturated rings. The molecule has 1 saturated carbocycles. The van der Waals surface area contributed by atoms with E-state index in [0.29, 0.717) is 6.79 Å². The smallest absolute Gasteiger partial charge is 0.189 e. The lowest BCUT2D eigenvalue weighted by atomic mass is 10.0. The number of benzene rings is 1. The van der Waals surface area contributed by atoms with Crippen molar-refractivity contribution < 1.29 is 9.47 Å². The molecule has 0 saturated heterocycles. The predicted octanol–water partition coefficient (Wildman–Crippen LogP) is 4.25. The van der Waals surface area contributed by atoms with Gasteiger partial charge in [-0.25, -0.2) is 0 Å². The fraction of sp³-hybridized carbons (Fsp3) is 0.600. The van der Waals surface area contributed by atoms with Crippen molar-refractivity contribution in [2.45, 2.75) is 38.6 Å². The molecule has 0 aromatic heterocycles. The molecule has 0 spiro atoms. The Bertz CT molecular complexity index is 426. The van der Waals surface area contributed by atoms with Crippen LogP contribution in [0.25, 0.3) is 0 Å². The fourth-order valence-electron chi connectivity index (χ4n) is 1.92. The van der Waals surface area contributed by atoms with Gasteiger partial charge in [0.25, 0.3) is 0 Å². The normalized spacial score (nSPS) is 16.2. The molecule has 1 aliphatic carbocycles. The first kappa shape index (κ1) is 16.3. The zero-order valence-electron chi connectivity index (χ0n) is 11.7. The Hall–Kier alpha value is -0.100. The molecular formula is C15H21Br2NO2. The molecule has 2 rings (SSSR count). The number of hydrogen-bond acceptors (Lipinski definition) is 3. The van der Waals surface area contributed by atoms with Crippen LogP contribution in [0.3, 0.4) is 0 Å². The highest BCUT2D eigenvalue weighted by molar-refractivity contribution is 9.11. The third-order valence-corrected chi connectivity index (χ3v) is 4.60. The first-order valence-corrected chi connectivity index (χ1v) is 8.62. The van der Waals surface area contributed by atoms with Crippen molar-refractivity contribution in [3.8, 4) is 5.75 Å². The average Bonchev–Trinajstić information content (AvgIpc) is 3.21. The van der Waals surface area contributed by atoms with E-state index in [2.05, 4.69) is 50.9 Å². The molecule has 2 N–H and O–H groups in total. The minimum atomic E-state index is 0.197. The molecule has 1 aromatic rings. The first-order valence-electron chi connectivity index (χ1n) is 7.04. The number of ether oxygens (including phenoxy) is 2. The quantitative estimate of drug-likeness (QED) is 0.518. The highest BCUT2D eigenvalue weighted by atomic mass is 79.9. The Kier molecular flexibility index (Phi) is 6.33. The van der Waals surface area contributed by atoms with E-state index in [-0.39, 0.29) is 6.04 Å². The maximum absolute atomic E-state index is 5.99. The van der Waals surface area contributed by atoms with Crippen molar-refractivity contribution in [3.05, 3.63) is 26.6 Å². The summed E-state index contributed by atoms with van der Waals surface area (Å²) >= 11 is 7.10.